The minimum absolute atomic E-state index is 0.00711. The van der Waals surface area contributed by atoms with Crippen LogP contribution < -0.4 is 5.73 Å². The number of nitrogens with zero attached hydrogens (tertiary/aromatic N) is 1. The molecule has 10 nitrogen and oxygen atoms in total. The largest absolute Gasteiger partial charge is 0.507 e. The van der Waals surface area contributed by atoms with Gasteiger partial charge in [0, 0.05) is 17.9 Å². The van der Waals surface area contributed by atoms with Crippen LogP contribution >= 0.6 is 0 Å². The number of amides is 1. The Balaban J connectivity index is 1.67. The Morgan fingerprint density at radius 2 is 1.71 bits per heavy atom. The van der Waals surface area contributed by atoms with Crippen LogP contribution in [0.2, 0.25) is 0 Å². The summed E-state index contributed by atoms with van der Waals surface area (Å²) in [7, 11) is 0. The molecular weight excluding hydrogens is 456 g/mol. The number of aliphatic hydroxyl groups excluding tert-OH is 1. The number of carbonyl (C=O) groups is 3. The summed E-state index contributed by atoms with van der Waals surface area (Å²) in [5.74, 6) is -6.24. The highest BCUT2D eigenvalue weighted by molar-refractivity contribution is 6.32. The molecule has 0 saturated heterocycles. The molecule has 0 spiro atoms. The highest BCUT2D eigenvalue weighted by atomic mass is 16.3. The van der Waals surface area contributed by atoms with Crippen LogP contribution in [0.1, 0.15) is 61.6 Å². The normalized spacial score (nSPS) is 29.9. The molecule has 2 fully saturated rings. The summed E-state index contributed by atoms with van der Waals surface area (Å²) in [6, 6.07) is 2.99. The lowest BCUT2D eigenvalue weighted by Crippen LogP contribution is -2.61. The van der Waals surface area contributed by atoms with Crippen LogP contribution in [0.25, 0.3) is 5.76 Å². The lowest BCUT2D eigenvalue weighted by Gasteiger charge is -2.46. The number of nitrogens with two attached hydrogens (primary N) is 1. The maximum Gasteiger partial charge on any atom is 0.254 e. The lowest BCUT2D eigenvalue weighted by atomic mass is 9.58. The van der Waals surface area contributed by atoms with Gasteiger partial charge in [-0.05, 0) is 54.0 Å². The van der Waals surface area contributed by atoms with Crippen molar-refractivity contribution in [1.29, 1.82) is 0 Å². The second kappa shape index (κ2) is 7.82. The predicted octanol–water partition coefficient (Wildman–Crippen LogP) is 1.78. The molecular formula is C25H26N2O8. The Morgan fingerprint density at radius 1 is 1.03 bits per heavy atom. The predicted molar refractivity (Wildman–Crippen MR) is 122 cm³/mol. The van der Waals surface area contributed by atoms with Crippen LogP contribution in [0.15, 0.2) is 34.2 Å². The van der Waals surface area contributed by atoms with E-state index >= 15 is 0 Å². The zero-order valence-corrected chi connectivity index (χ0v) is 18.9. The van der Waals surface area contributed by atoms with Crippen LogP contribution in [0.4, 0.5) is 0 Å². The quantitative estimate of drug-likeness (QED) is 0.245. The van der Waals surface area contributed by atoms with Gasteiger partial charge >= 0.3 is 0 Å². The van der Waals surface area contributed by atoms with E-state index in [4.69, 9.17) is 5.73 Å². The molecule has 3 atom stereocenters. The molecule has 0 aromatic heterocycles. The molecule has 5 rings (SSSR count). The number of nitroso groups, excluding NO2 is 1. The van der Waals surface area contributed by atoms with Gasteiger partial charge in [0.2, 0.25) is 11.6 Å². The summed E-state index contributed by atoms with van der Waals surface area (Å²) in [5.41, 5.74) is 1.05. The Morgan fingerprint density at radius 3 is 2.34 bits per heavy atom. The van der Waals surface area contributed by atoms with Gasteiger partial charge in [-0.15, -0.1) is 4.91 Å². The van der Waals surface area contributed by atoms with Gasteiger partial charge in [-0.3, -0.25) is 14.4 Å². The Kier molecular flexibility index (Phi) is 5.22. The number of fused-ring (bicyclic) bond motifs is 3. The van der Waals surface area contributed by atoms with Gasteiger partial charge in [0.1, 0.15) is 22.8 Å². The lowest BCUT2D eigenvalue weighted by molar-refractivity contribution is -0.157. The highest BCUT2D eigenvalue weighted by Crippen LogP contribution is 2.53. The fraction of sp³-hybridized carbons (Fsp3) is 0.480. The molecule has 4 aliphatic carbocycles. The second-order valence-corrected chi connectivity index (χ2v) is 10.1. The third-order valence-electron chi connectivity index (χ3n) is 8.23. The summed E-state index contributed by atoms with van der Waals surface area (Å²) in [4.78, 5) is 49.8. The van der Waals surface area contributed by atoms with Crippen LogP contribution in [-0.4, -0.2) is 43.5 Å². The van der Waals surface area contributed by atoms with E-state index in [1.54, 1.807) is 6.07 Å². The summed E-state index contributed by atoms with van der Waals surface area (Å²) < 4.78 is 0. The number of hydrogen-bond donors (Lipinski definition) is 5. The molecule has 4 aliphatic rings. The standard InChI is InChI=1S/C25H26N2O8/c26-23(32)19-15(27-35)10-12-8-11-9-13-14(24(33)6-2-1-3-7-24)4-5-16(28)18(13)20(29)17(11)21(30)25(12,34)22(19)31/h4-5,11-12,28-29,33-34H,1-3,6-10H2,(H2,26,32)/t11-,12+,25+/m1/s1. The molecule has 10 heteroatoms. The van der Waals surface area contributed by atoms with Crippen LogP contribution in [0, 0.1) is 16.7 Å². The SMILES string of the molecule is NC(=O)C1=C(N=O)C[C@@H]2C[C@@H]3Cc4c(C5(O)CCCCC5)ccc(O)c4C(O)=C3C(=O)[C@]2(O)C1=O. The average molecular weight is 482 g/mol. The van der Waals surface area contributed by atoms with E-state index in [1.165, 1.54) is 6.07 Å². The summed E-state index contributed by atoms with van der Waals surface area (Å²) in [6.07, 6.45) is 3.60. The van der Waals surface area contributed by atoms with E-state index in [1.807, 2.05) is 0 Å². The number of aromatic hydroxyl groups is 1. The van der Waals surface area contributed by atoms with Gasteiger partial charge in [-0.2, -0.15) is 0 Å². The topological polar surface area (TPSA) is 188 Å². The zero-order chi connectivity index (χ0) is 25.3. The number of rotatable bonds is 3. The molecule has 1 aromatic rings. The van der Waals surface area contributed by atoms with Gasteiger partial charge in [-0.1, -0.05) is 25.3 Å². The van der Waals surface area contributed by atoms with E-state index in [9.17, 15) is 39.7 Å². The molecule has 0 bridgehead atoms. The van der Waals surface area contributed by atoms with Gasteiger partial charge in [0.25, 0.3) is 5.91 Å². The molecule has 0 aliphatic heterocycles. The van der Waals surface area contributed by atoms with Crippen molar-refractivity contribution in [1.82, 2.24) is 0 Å². The number of aliphatic hydroxyl groups is 3. The van der Waals surface area contributed by atoms with Crippen molar-refractivity contribution < 1.29 is 34.8 Å². The van der Waals surface area contributed by atoms with Gasteiger partial charge in [0.05, 0.1) is 11.2 Å². The van der Waals surface area contributed by atoms with Crippen molar-refractivity contribution in [2.75, 3.05) is 0 Å². The van der Waals surface area contributed by atoms with Crippen LogP contribution in [0.3, 0.4) is 0 Å². The third kappa shape index (κ3) is 3.13. The minimum Gasteiger partial charge on any atom is -0.507 e. The minimum atomic E-state index is -2.69. The van der Waals surface area contributed by atoms with Crippen molar-refractivity contribution in [2.45, 2.75) is 62.6 Å². The number of phenols is 1. The average Bonchev–Trinajstić information content (AvgIpc) is 2.81. The first-order valence-electron chi connectivity index (χ1n) is 11.7. The molecule has 0 unspecified atom stereocenters. The molecule has 35 heavy (non-hydrogen) atoms. The first-order chi connectivity index (χ1) is 16.5. The molecule has 1 aromatic carbocycles. The number of primary amides is 1. The molecule has 6 N–H and O–H groups in total. The molecule has 0 heterocycles. The number of phenolic OH excluding ortho intramolecular Hbond substituents is 1. The van der Waals surface area contributed by atoms with E-state index in [0.717, 1.165) is 19.3 Å². The van der Waals surface area contributed by atoms with Gasteiger partial charge in [0.15, 0.2) is 5.60 Å². The number of Topliss-reactive ketones (excluding diaryl/α,β-unsaturated/α-hetero) is 2. The maximum atomic E-state index is 13.6. The van der Waals surface area contributed by atoms with Crippen molar-refractivity contribution in [3.8, 4) is 5.75 Å². The summed E-state index contributed by atoms with van der Waals surface area (Å²) in [5, 5.41) is 47.3. The van der Waals surface area contributed by atoms with E-state index in [2.05, 4.69) is 5.18 Å². The molecule has 0 radical (unpaired) electrons. The van der Waals surface area contributed by atoms with Crippen LogP contribution in [-0.2, 0) is 26.4 Å². The Labute approximate surface area is 200 Å². The van der Waals surface area contributed by atoms with Gasteiger partial charge < -0.3 is 26.2 Å². The molecule has 1 amide bonds. The molecule has 2 saturated carbocycles. The summed E-state index contributed by atoms with van der Waals surface area (Å²) in [6.45, 7) is 0. The van der Waals surface area contributed by atoms with E-state index in [-0.39, 0.29) is 36.1 Å². The highest BCUT2D eigenvalue weighted by Gasteiger charge is 2.61. The number of benzene rings is 1. The van der Waals surface area contributed by atoms with Crippen molar-refractivity contribution >= 4 is 23.2 Å². The van der Waals surface area contributed by atoms with Crippen molar-refractivity contribution in [2.24, 2.45) is 22.7 Å². The fourth-order valence-corrected chi connectivity index (χ4v) is 6.54. The van der Waals surface area contributed by atoms with E-state index in [0.29, 0.717) is 24.0 Å². The smallest absolute Gasteiger partial charge is 0.254 e. The Bertz CT molecular complexity index is 1260. The Hall–Kier alpha value is -3.37. The van der Waals surface area contributed by atoms with Crippen molar-refractivity contribution in [3.05, 3.63) is 50.6 Å². The van der Waals surface area contributed by atoms with Crippen molar-refractivity contribution in [3.63, 3.8) is 0 Å². The fourth-order valence-electron chi connectivity index (χ4n) is 6.54. The second-order valence-electron chi connectivity index (χ2n) is 10.1. The molecule has 184 valence electrons. The zero-order valence-electron chi connectivity index (χ0n) is 18.9. The van der Waals surface area contributed by atoms with E-state index < -0.39 is 57.5 Å². The maximum absolute atomic E-state index is 13.6. The van der Waals surface area contributed by atoms with Crippen LogP contribution in [0.5, 0.6) is 5.75 Å². The number of allylic oxidation sites excluding steroid dienone is 1. The third-order valence-corrected chi connectivity index (χ3v) is 8.23. The summed E-state index contributed by atoms with van der Waals surface area (Å²) >= 11 is 0. The number of ketones is 2. The first-order valence-corrected chi connectivity index (χ1v) is 11.7. The number of carbonyl (C=O) groups excluding carboxylic acids is 3. The monoisotopic (exact) mass is 482 g/mol. The van der Waals surface area contributed by atoms with Gasteiger partial charge in [-0.25, -0.2) is 0 Å². The first kappa shape index (κ1) is 23.4. The number of hydrogen-bond acceptors (Lipinski definition) is 9.